The molecule has 0 aromatic heterocycles. The first-order valence-electron chi connectivity index (χ1n) is 7.07. The third-order valence-electron chi connectivity index (χ3n) is 3.53. The predicted octanol–water partition coefficient (Wildman–Crippen LogP) is 0.0556. The van der Waals surface area contributed by atoms with Crippen molar-refractivity contribution >= 4 is 9.84 Å². The molecule has 0 radical (unpaired) electrons. The van der Waals surface area contributed by atoms with E-state index in [2.05, 4.69) is 23.6 Å². The molecule has 0 aromatic rings. The Kier molecular flexibility index (Phi) is 6.73. The summed E-state index contributed by atoms with van der Waals surface area (Å²) in [7, 11) is -2.89. The second-order valence-corrected chi connectivity index (χ2v) is 8.25. The molecule has 1 aliphatic rings. The van der Waals surface area contributed by atoms with Gasteiger partial charge in [0.1, 0.15) is 9.84 Å². The first-order valence-corrected chi connectivity index (χ1v) is 9.13. The number of rotatable bonds is 7. The van der Waals surface area contributed by atoms with Gasteiger partial charge in [-0.1, -0.05) is 13.8 Å². The van der Waals surface area contributed by atoms with E-state index in [4.69, 9.17) is 0 Å². The Morgan fingerprint density at radius 3 is 2.53 bits per heavy atom. The molecule has 1 aliphatic heterocycles. The molecule has 6 heteroatoms. The maximum atomic E-state index is 11.2. The van der Waals surface area contributed by atoms with Gasteiger partial charge in [-0.2, -0.15) is 0 Å². The molecule has 1 rings (SSSR count). The van der Waals surface area contributed by atoms with Crippen molar-refractivity contribution in [3.05, 3.63) is 0 Å². The third kappa shape index (κ3) is 6.70. The Balaban J connectivity index is 2.50. The zero-order valence-electron chi connectivity index (χ0n) is 12.4. The van der Waals surface area contributed by atoms with Crippen molar-refractivity contribution in [1.82, 2.24) is 9.80 Å². The van der Waals surface area contributed by atoms with Crippen LogP contribution >= 0.6 is 0 Å². The number of nitrogens with zero attached hydrogens (tertiary/aromatic N) is 2. The van der Waals surface area contributed by atoms with Crippen LogP contribution in [-0.2, 0) is 9.84 Å². The Labute approximate surface area is 117 Å². The molecule has 0 aromatic carbocycles. The van der Waals surface area contributed by atoms with Crippen molar-refractivity contribution in [3.63, 3.8) is 0 Å². The van der Waals surface area contributed by atoms with Gasteiger partial charge in [-0.25, -0.2) is 8.42 Å². The smallest absolute Gasteiger partial charge is 0.148 e. The van der Waals surface area contributed by atoms with Crippen molar-refractivity contribution in [2.75, 3.05) is 51.3 Å². The molecular weight excluding hydrogens is 264 g/mol. The predicted molar refractivity (Wildman–Crippen MR) is 78.1 cm³/mol. The SMILES string of the molecule is CC(C)CN1CCN(CCS(C)(=O)=O)CC1CCO. The van der Waals surface area contributed by atoms with E-state index in [0.717, 1.165) is 32.6 Å². The van der Waals surface area contributed by atoms with Crippen molar-refractivity contribution in [2.24, 2.45) is 5.92 Å². The highest BCUT2D eigenvalue weighted by atomic mass is 32.2. The van der Waals surface area contributed by atoms with Crippen LogP contribution in [0.1, 0.15) is 20.3 Å². The van der Waals surface area contributed by atoms with Crippen molar-refractivity contribution in [1.29, 1.82) is 0 Å². The van der Waals surface area contributed by atoms with Gasteiger partial charge in [0, 0.05) is 51.6 Å². The minimum absolute atomic E-state index is 0.194. The summed E-state index contributed by atoms with van der Waals surface area (Å²) in [6.07, 6.45) is 2.05. The number of aliphatic hydroxyl groups is 1. The zero-order valence-corrected chi connectivity index (χ0v) is 13.2. The molecule has 1 fully saturated rings. The Hall–Kier alpha value is -0.170. The van der Waals surface area contributed by atoms with Gasteiger partial charge in [0.05, 0.1) is 5.75 Å². The van der Waals surface area contributed by atoms with E-state index >= 15 is 0 Å². The van der Waals surface area contributed by atoms with E-state index in [-0.39, 0.29) is 12.4 Å². The van der Waals surface area contributed by atoms with Crippen molar-refractivity contribution < 1.29 is 13.5 Å². The fraction of sp³-hybridized carbons (Fsp3) is 1.00. The van der Waals surface area contributed by atoms with Crippen molar-refractivity contribution in [3.8, 4) is 0 Å². The van der Waals surface area contributed by atoms with Crippen LogP contribution in [0.4, 0.5) is 0 Å². The highest BCUT2D eigenvalue weighted by Crippen LogP contribution is 2.14. The van der Waals surface area contributed by atoms with E-state index in [1.807, 2.05) is 0 Å². The average molecular weight is 292 g/mol. The van der Waals surface area contributed by atoms with Gasteiger partial charge in [0.25, 0.3) is 0 Å². The molecule has 5 nitrogen and oxygen atoms in total. The summed E-state index contributed by atoms with van der Waals surface area (Å²) >= 11 is 0. The molecule has 0 saturated carbocycles. The third-order valence-corrected chi connectivity index (χ3v) is 4.45. The molecule has 1 saturated heterocycles. The second-order valence-electron chi connectivity index (χ2n) is 5.99. The Morgan fingerprint density at radius 1 is 1.32 bits per heavy atom. The van der Waals surface area contributed by atoms with Crippen LogP contribution in [-0.4, -0.2) is 80.7 Å². The van der Waals surface area contributed by atoms with Crippen LogP contribution in [0.15, 0.2) is 0 Å². The van der Waals surface area contributed by atoms with E-state index in [1.165, 1.54) is 6.26 Å². The van der Waals surface area contributed by atoms with Crippen LogP contribution in [0.2, 0.25) is 0 Å². The largest absolute Gasteiger partial charge is 0.396 e. The Bertz CT molecular complexity index is 357. The van der Waals surface area contributed by atoms with Crippen LogP contribution < -0.4 is 0 Å². The number of sulfone groups is 1. The summed E-state index contributed by atoms with van der Waals surface area (Å²) in [5.74, 6) is 0.840. The average Bonchev–Trinajstić information content (AvgIpc) is 2.28. The minimum Gasteiger partial charge on any atom is -0.396 e. The summed E-state index contributed by atoms with van der Waals surface area (Å²) < 4.78 is 22.4. The fourth-order valence-corrected chi connectivity index (χ4v) is 3.18. The molecule has 0 bridgehead atoms. The molecular formula is C13H28N2O3S. The summed E-state index contributed by atoms with van der Waals surface area (Å²) in [6, 6.07) is 0.348. The maximum absolute atomic E-state index is 11.2. The van der Waals surface area contributed by atoms with Crippen LogP contribution in [0, 0.1) is 5.92 Å². The van der Waals surface area contributed by atoms with Crippen LogP contribution in [0.5, 0.6) is 0 Å². The highest BCUT2D eigenvalue weighted by Gasteiger charge is 2.27. The van der Waals surface area contributed by atoms with E-state index in [0.29, 0.717) is 18.5 Å². The molecule has 1 atom stereocenters. The Morgan fingerprint density at radius 2 is 2.00 bits per heavy atom. The van der Waals surface area contributed by atoms with Gasteiger partial charge in [-0.3, -0.25) is 9.80 Å². The van der Waals surface area contributed by atoms with Gasteiger partial charge in [0.2, 0.25) is 0 Å². The van der Waals surface area contributed by atoms with Gasteiger partial charge < -0.3 is 5.11 Å². The minimum atomic E-state index is -2.89. The van der Waals surface area contributed by atoms with Gasteiger partial charge in [-0.15, -0.1) is 0 Å². The van der Waals surface area contributed by atoms with Crippen molar-refractivity contribution in [2.45, 2.75) is 26.3 Å². The lowest BCUT2D eigenvalue weighted by Crippen LogP contribution is -2.54. The first kappa shape index (κ1) is 16.9. The lowest BCUT2D eigenvalue weighted by atomic mass is 10.1. The number of aliphatic hydroxyl groups excluding tert-OH is 1. The van der Waals surface area contributed by atoms with E-state index in [9.17, 15) is 13.5 Å². The lowest BCUT2D eigenvalue weighted by Gasteiger charge is -2.42. The molecule has 0 aliphatic carbocycles. The summed E-state index contributed by atoms with van der Waals surface area (Å²) in [4.78, 5) is 4.63. The second kappa shape index (κ2) is 7.57. The molecule has 0 spiro atoms. The molecule has 19 heavy (non-hydrogen) atoms. The molecule has 114 valence electrons. The number of piperazine rings is 1. The standard InChI is InChI=1S/C13H28N2O3S/c1-12(2)10-15-6-5-14(7-9-19(3,17)18)11-13(15)4-8-16/h12-13,16H,4-11H2,1-3H3. The van der Waals surface area contributed by atoms with E-state index in [1.54, 1.807) is 0 Å². The summed E-state index contributed by atoms with van der Waals surface area (Å²) in [5.41, 5.74) is 0. The van der Waals surface area contributed by atoms with Crippen LogP contribution in [0.25, 0.3) is 0 Å². The number of hydrogen-bond acceptors (Lipinski definition) is 5. The monoisotopic (exact) mass is 292 g/mol. The number of hydrogen-bond donors (Lipinski definition) is 1. The van der Waals surface area contributed by atoms with E-state index < -0.39 is 9.84 Å². The zero-order chi connectivity index (χ0) is 14.5. The maximum Gasteiger partial charge on any atom is 0.148 e. The normalized spacial score (nSPS) is 23.1. The molecule has 1 unspecified atom stereocenters. The molecule has 0 amide bonds. The van der Waals surface area contributed by atoms with Gasteiger partial charge >= 0.3 is 0 Å². The topological polar surface area (TPSA) is 60.9 Å². The first-order chi connectivity index (χ1) is 8.81. The lowest BCUT2D eigenvalue weighted by molar-refractivity contribution is 0.0543. The van der Waals surface area contributed by atoms with Gasteiger partial charge in [-0.05, 0) is 12.3 Å². The summed E-state index contributed by atoms with van der Waals surface area (Å²) in [5, 5.41) is 9.17. The van der Waals surface area contributed by atoms with Gasteiger partial charge in [0.15, 0.2) is 0 Å². The highest BCUT2D eigenvalue weighted by molar-refractivity contribution is 7.90. The quantitative estimate of drug-likeness (QED) is 0.719. The molecule has 1 N–H and O–H groups in total. The molecule has 1 heterocycles. The summed E-state index contributed by atoms with van der Waals surface area (Å²) in [6.45, 7) is 9.00. The fourth-order valence-electron chi connectivity index (χ4n) is 2.59. The van der Waals surface area contributed by atoms with Crippen LogP contribution in [0.3, 0.4) is 0 Å².